The van der Waals surface area contributed by atoms with E-state index < -0.39 is 0 Å². The first-order chi connectivity index (χ1) is 21.8. The molecule has 3 heteroatoms. The van der Waals surface area contributed by atoms with E-state index in [9.17, 15) is 0 Å². The maximum absolute atomic E-state index is 5.00. The van der Waals surface area contributed by atoms with Crippen LogP contribution in [0.1, 0.15) is 0 Å². The van der Waals surface area contributed by atoms with Crippen LogP contribution in [0.3, 0.4) is 0 Å². The van der Waals surface area contributed by atoms with Crippen LogP contribution in [0.2, 0.25) is 0 Å². The molecule has 0 amide bonds. The molecule has 0 aliphatic heterocycles. The Labute approximate surface area is 254 Å². The van der Waals surface area contributed by atoms with Gasteiger partial charge in [0, 0.05) is 44.7 Å². The first kappa shape index (κ1) is 24.6. The van der Waals surface area contributed by atoms with Gasteiger partial charge in [0.2, 0.25) is 0 Å². The SMILES string of the molecule is c1ccc(-c2ccc(-n3c4ccccc4c4cc(-c5nccc6c5c5ccccc5n6-c5ccccc5)ccc43)cc2)cc1. The lowest BCUT2D eigenvalue weighted by Crippen LogP contribution is -1.94. The maximum atomic E-state index is 5.00. The number of benzene rings is 6. The summed E-state index contributed by atoms with van der Waals surface area (Å²) >= 11 is 0. The molecule has 44 heavy (non-hydrogen) atoms. The fourth-order valence-electron chi connectivity index (χ4n) is 6.82. The number of para-hydroxylation sites is 3. The lowest BCUT2D eigenvalue weighted by Gasteiger charge is -2.10. The van der Waals surface area contributed by atoms with Crippen molar-refractivity contribution in [2.24, 2.45) is 0 Å². The van der Waals surface area contributed by atoms with Gasteiger partial charge in [0.15, 0.2) is 0 Å². The summed E-state index contributed by atoms with van der Waals surface area (Å²) in [7, 11) is 0. The third-order valence-electron chi connectivity index (χ3n) is 8.78. The Morgan fingerprint density at radius 2 is 0.909 bits per heavy atom. The number of hydrogen-bond donors (Lipinski definition) is 0. The molecule has 0 aliphatic carbocycles. The normalized spacial score (nSPS) is 11.6. The zero-order valence-electron chi connectivity index (χ0n) is 23.9. The van der Waals surface area contributed by atoms with E-state index in [0.29, 0.717) is 0 Å². The zero-order valence-corrected chi connectivity index (χ0v) is 23.9. The van der Waals surface area contributed by atoms with Gasteiger partial charge in [-0.1, -0.05) is 103 Å². The minimum absolute atomic E-state index is 0.999. The van der Waals surface area contributed by atoms with Gasteiger partial charge >= 0.3 is 0 Å². The third-order valence-corrected chi connectivity index (χ3v) is 8.78. The molecule has 0 aliphatic rings. The quantitative estimate of drug-likeness (QED) is 0.210. The van der Waals surface area contributed by atoms with Crippen LogP contribution in [0.15, 0.2) is 164 Å². The van der Waals surface area contributed by atoms with Crippen molar-refractivity contribution in [3.05, 3.63) is 164 Å². The standard InChI is InChI=1S/C41H27N3/c1-3-11-28(12-4-1)29-19-22-32(23-20-29)43-36-17-9-7-15-33(36)35-27-30(21-24-38(35)43)41-40-34-16-8-10-18-37(34)44(39(40)25-26-42-41)31-13-5-2-6-14-31/h1-27H. The number of fused-ring (bicyclic) bond motifs is 6. The van der Waals surface area contributed by atoms with Gasteiger partial charge in [0.25, 0.3) is 0 Å². The van der Waals surface area contributed by atoms with Crippen LogP contribution < -0.4 is 0 Å². The Bertz CT molecular complexity index is 2470. The van der Waals surface area contributed by atoms with Crippen molar-refractivity contribution >= 4 is 43.6 Å². The molecule has 0 saturated heterocycles. The van der Waals surface area contributed by atoms with Gasteiger partial charge in [-0.2, -0.15) is 0 Å². The second kappa shape index (κ2) is 9.82. The van der Waals surface area contributed by atoms with Crippen molar-refractivity contribution < 1.29 is 0 Å². The Hall–Kier alpha value is -5.93. The molecular weight excluding hydrogens is 534 g/mol. The van der Waals surface area contributed by atoms with E-state index in [0.717, 1.165) is 28.1 Å². The van der Waals surface area contributed by atoms with E-state index in [1.807, 2.05) is 6.20 Å². The molecule has 0 saturated carbocycles. The monoisotopic (exact) mass is 561 g/mol. The lowest BCUT2D eigenvalue weighted by atomic mass is 10.0. The molecule has 9 rings (SSSR count). The van der Waals surface area contributed by atoms with Crippen LogP contribution in [0.25, 0.3) is 77.4 Å². The molecule has 206 valence electrons. The van der Waals surface area contributed by atoms with Crippen LogP contribution in [0.4, 0.5) is 0 Å². The first-order valence-electron chi connectivity index (χ1n) is 15.0. The van der Waals surface area contributed by atoms with Gasteiger partial charge in [-0.25, -0.2) is 0 Å². The number of rotatable bonds is 4. The second-order valence-corrected chi connectivity index (χ2v) is 11.2. The summed E-state index contributed by atoms with van der Waals surface area (Å²) in [5, 5.41) is 4.83. The topological polar surface area (TPSA) is 22.8 Å². The summed E-state index contributed by atoms with van der Waals surface area (Å²) in [4.78, 5) is 5.00. The minimum atomic E-state index is 0.999. The van der Waals surface area contributed by atoms with E-state index in [4.69, 9.17) is 4.98 Å². The summed E-state index contributed by atoms with van der Waals surface area (Å²) in [5.74, 6) is 0. The van der Waals surface area contributed by atoms with E-state index in [1.54, 1.807) is 0 Å². The molecule has 3 nitrogen and oxygen atoms in total. The molecule has 0 bridgehead atoms. The fourth-order valence-corrected chi connectivity index (χ4v) is 6.82. The number of nitrogens with zero attached hydrogens (tertiary/aromatic N) is 3. The molecule has 0 atom stereocenters. The van der Waals surface area contributed by atoms with E-state index in [-0.39, 0.29) is 0 Å². The smallest absolute Gasteiger partial charge is 0.0802 e. The van der Waals surface area contributed by atoms with Crippen LogP contribution in [0, 0.1) is 0 Å². The van der Waals surface area contributed by atoms with Crippen molar-refractivity contribution in [1.82, 2.24) is 14.1 Å². The molecule has 0 spiro atoms. The molecule has 3 aromatic heterocycles. The van der Waals surface area contributed by atoms with Gasteiger partial charge in [-0.3, -0.25) is 4.98 Å². The van der Waals surface area contributed by atoms with Gasteiger partial charge < -0.3 is 9.13 Å². The molecule has 0 radical (unpaired) electrons. The average Bonchev–Trinajstić information content (AvgIpc) is 3.62. The molecule has 0 unspecified atom stereocenters. The Kier molecular flexibility index (Phi) is 5.50. The molecule has 6 aromatic carbocycles. The van der Waals surface area contributed by atoms with Gasteiger partial charge in [0.05, 0.1) is 27.8 Å². The predicted octanol–water partition coefficient (Wildman–Crippen LogP) is 10.6. The third kappa shape index (κ3) is 3.73. The predicted molar refractivity (Wildman–Crippen MR) is 184 cm³/mol. The Balaban J connectivity index is 1.26. The Morgan fingerprint density at radius 1 is 0.364 bits per heavy atom. The van der Waals surface area contributed by atoms with Crippen LogP contribution >= 0.6 is 0 Å². The van der Waals surface area contributed by atoms with Crippen LogP contribution in [-0.2, 0) is 0 Å². The van der Waals surface area contributed by atoms with Crippen molar-refractivity contribution in [2.75, 3.05) is 0 Å². The Morgan fingerprint density at radius 3 is 1.68 bits per heavy atom. The highest BCUT2D eigenvalue weighted by molar-refractivity contribution is 6.16. The minimum Gasteiger partial charge on any atom is -0.309 e. The summed E-state index contributed by atoms with van der Waals surface area (Å²) < 4.78 is 4.72. The average molecular weight is 562 g/mol. The van der Waals surface area contributed by atoms with Gasteiger partial charge in [-0.05, 0) is 65.7 Å². The highest BCUT2D eigenvalue weighted by Gasteiger charge is 2.19. The molecule has 3 heterocycles. The molecule has 0 fully saturated rings. The van der Waals surface area contributed by atoms with E-state index in [2.05, 4.69) is 167 Å². The van der Waals surface area contributed by atoms with Gasteiger partial charge in [0.1, 0.15) is 0 Å². The summed E-state index contributed by atoms with van der Waals surface area (Å²) in [5.41, 5.74) is 11.6. The van der Waals surface area contributed by atoms with Crippen molar-refractivity contribution in [3.63, 3.8) is 0 Å². The maximum Gasteiger partial charge on any atom is 0.0802 e. The van der Waals surface area contributed by atoms with Crippen LogP contribution in [-0.4, -0.2) is 14.1 Å². The van der Waals surface area contributed by atoms with Crippen LogP contribution in [0.5, 0.6) is 0 Å². The van der Waals surface area contributed by atoms with Gasteiger partial charge in [-0.15, -0.1) is 0 Å². The van der Waals surface area contributed by atoms with Crippen molar-refractivity contribution in [1.29, 1.82) is 0 Å². The zero-order chi connectivity index (χ0) is 29.0. The summed E-state index contributed by atoms with van der Waals surface area (Å²) in [6, 6.07) is 56.3. The lowest BCUT2D eigenvalue weighted by molar-refractivity contribution is 1.17. The number of hydrogen-bond acceptors (Lipinski definition) is 1. The summed E-state index contributed by atoms with van der Waals surface area (Å²) in [6.45, 7) is 0. The summed E-state index contributed by atoms with van der Waals surface area (Å²) in [6.07, 6.45) is 1.94. The highest BCUT2D eigenvalue weighted by atomic mass is 15.0. The molecule has 9 aromatic rings. The number of aromatic nitrogens is 3. The fraction of sp³-hybridized carbons (Fsp3) is 0. The van der Waals surface area contributed by atoms with E-state index in [1.165, 1.54) is 49.2 Å². The van der Waals surface area contributed by atoms with E-state index >= 15 is 0 Å². The molecular formula is C41H27N3. The number of pyridine rings is 1. The first-order valence-corrected chi connectivity index (χ1v) is 15.0. The molecule has 0 N–H and O–H groups in total. The van der Waals surface area contributed by atoms with Crippen molar-refractivity contribution in [2.45, 2.75) is 0 Å². The largest absolute Gasteiger partial charge is 0.309 e. The van der Waals surface area contributed by atoms with Crippen molar-refractivity contribution in [3.8, 4) is 33.8 Å². The highest BCUT2D eigenvalue weighted by Crippen LogP contribution is 2.40. The second-order valence-electron chi connectivity index (χ2n) is 11.2.